The van der Waals surface area contributed by atoms with E-state index in [1.807, 2.05) is 55.5 Å². The third kappa shape index (κ3) is 5.76. The summed E-state index contributed by atoms with van der Waals surface area (Å²) in [4.78, 5) is 13.2. The van der Waals surface area contributed by atoms with Gasteiger partial charge in [0.15, 0.2) is 0 Å². The number of aryl methyl sites for hydroxylation is 1. The molecule has 0 unspecified atom stereocenters. The molecule has 8 nitrogen and oxygen atoms in total. The number of benzene rings is 3. The third-order valence-corrected chi connectivity index (χ3v) is 6.48. The SMILES string of the molecule is COc1cccc(-c2nn(-c3ccc(C)cc3)cc2C(=O)NCCc2ccc(S(N)(=O)=O)cc2)c1. The number of amides is 1. The van der Waals surface area contributed by atoms with Crippen LogP contribution >= 0.6 is 0 Å². The van der Waals surface area contributed by atoms with E-state index in [1.165, 1.54) is 12.1 Å². The van der Waals surface area contributed by atoms with E-state index in [1.54, 1.807) is 30.1 Å². The van der Waals surface area contributed by atoms with Crippen molar-refractivity contribution in [2.45, 2.75) is 18.2 Å². The largest absolute Gasteiger partial charge is 0.497 e. The maximum Gasteiger partial charge on any atom is 0.255 e. The number of methoxy groups -OCH3 is 1. The highest BCUT2D eigenvalue weighted by atomic mass is 32.2. The number of rotatable bonds is 8. The molecular formula is C26H26N4O4S. The van der Waals surface area contributed by atoms with Gasteiger partial charge in [0.05, 0.1) is 23.3 Å². The first-order chi connectivity index (χ1) is 16.7. The summed E-state index contributed by atoms with van der Waals surface area (Å²) in [5, 5.41) is 12.8. The van der Waals surface area contributed by atoms with Crippen molar-refractivity contribution in [3.63, 3.8) is 0 Å². The Kier molecular flexibility index (Phi) is 6.99. The lowest BCUT2D eigenvalue weighted by atomic mass is 10.1. The Morgan fingerprint density at radius 3 is 2.43 bits per heavy atom. The molecule has 0 radical (unpaired) electrons. The standard InChI is InChI=1S/C26H26N4O4S/c1-18-6-10-21(11-7-18)30-17-24(25(29-30)20-4-3-5-22(16-20)34-2)26(31)28-15-14-19-8-12-23(13-9-19)35(27,32)33/h3-13,16-17H,14-15H2,1-2H3,(H,28,31)(H2,27,32,33). The smallest absolute Gasteiger partial charge is 0.255 e. The van der Waals surface area contributed by atoms with E-state index in [9.17, 15) is 13.2 Å². The van der Waals surface area contributed by atoms with Crippen molar-refractivity contribution in [1.29, 1.82) is 0 Å². The van der Waals surface area contributed by atoms with E-state index < -0.39 is 10.0 Å². The van der Waals surface area contributed by atoms with Crippen LogP contribution in [0.1, 0.15) is 21.5 Å². The van der Waals surface area contributed by atoms with Gasteiger partial charge >= 0.3 is 0 Å². The van der Waals surface area contributed by atoms with Gasteiger partial charge in [-0.3, -0.25) is 4.79 Å². The number of hydrogen-bond acceptors (Lipinski definition) is 5. The molecule has 0 aliphatic rings. The molecule has 0 atom stereocenters. The number of primary sulfonamides is 1. The molecule has 0 bridgehead atoms. The Morgan fingerprint density at radius 1 is 1.06 bits per heavy atom. The van der Waals surface area contributed by atoms with Gasteiger partial charge < -0.3 is 10.1 Å². The molecular weight excluding hydrogens is 464 g/mol. The van der Waals surface area contributed by atoms with Gasteiger partial charge in [-0.05, 0) is 55.3 Å². The first-order valence-corrected chi connectivity index (χ1v) is 12.5. The predicted octanol–water partition coefficient (Wildman–Crippen LogP) is 3.48. The van der Waals surface area contributed by atoms with E-state index in [-0.39, 0.29) is 10.8 Å². The molecule has 4 rings (SSSR count). The number of aromatic nitrogens is 2. The number of ether oxygens (including phenoxy) is 1. The summed E-state index contributed by atoms with van der Waals surface area (Å²) in [5.74, 6) is 0.407. The van der Waals surface area contributed by atoms with Crippen molar-refractivity contribution in [2.24, 2.45) is 5.14 Å². The van der Waals surface area contributed by atoms with Gasteiger partial charge in [0, 0.05) is 18.3 Å². The summed E-state index contributed by atoms with van der Waals surface area (Å²) >= 11 is 0. The third-order valence-electron chi connectivity index (χ3n) is 5.55. The highest BCUT2D eigenvalue weighted by Gasteiger charge is 2.19. The fraction of sp³-hybridized carbons (Fsp3) is 0.154. The second-order valence-electron chi connectivity index (χ2n) is 8.10. The van der Waals surface area contributed by atoms with E-state index in [4.69, 9.17) is 15.0 Å². The van der Waals surface area contributed by atoms with Crippen LogP contribution in [0.4, 0.5) is 0 Å². The molecule has 0 saturated carbocycles. The fourth-order valence-corrected chi connectivity index (χ4v) is 4.13. The van der Waals surface area contributed by atoms with Crippen LogP contribution in [0.25, 0.3) is 16.9 Å². The first kappa shape index (κ1) is 24.2. The van der Waals surface area contributed by atoms with Crippen molar-refractivity contribution in [1.82, 2.24) is 15.1 Å². The second kappa shape index (κ2) is 10.1. The number of nitrogens with zero attached hydrogens (tertiary/aromatic N) is 2. The molecule has 0 aliphatic carbocycles. The minimum absolute atomic E-state index is 0.0525. The normalized spacial score (nSPS) is 11.3. The van der Waals surface area contributed by atoms with Gasteiger partial charge in [-0.1, -0.05) is 42.0 Å². The van der Waals surface area contributed by atoms with Gasteiger partial charge in [0.25, 0.3) is 5.91 Å². The second-order valence-corrected chi connectivity index (χ2v) is 9.66. The zero-order chi connectivity index (χ0) is 25.0. The van der Waals surface area contributed by atoms with Crippen molar-refractivity contribution >= 4 is 15.9 Å². The molecule has 1 heterocycles. The molecule has 3 aromatic carbocycles. The van der Waals surface area contributed by atoms with Gasteiger partial charge in [-0.2, -0.15) is 5.10 Å². The van der Waals surface area contributed by atoms with Crippen molar-refractivity contribution in [3.8, 4) is 22.7 Å². The molecule has 1 aromatic heterocycles. The van der Waals surface area contributed by atoms with Crippen LogP contribution in [-0.4, -0.2) is 37.8 Å². The van der Waals surface area contributed by atoms with Gasteiger partial charge in [0.2, 0.25) is 10.0 Å². The highest BCUT2D eigenvalue weighted by molar-refractivity contribution is 7.89. The first-order valence-electron chi connectivity index (χ1n) is 11.0. The molecule has 0 aliphatic heterocycles. The molecule has 0 spiro atoms. The zero-order valence-electron chi connectivity index (χ0n) is 19.4. The minimum Gasteiger partial charge on any atom is -0.497 e. The van der Waals surface area contributed by atoms with Crippen LogP contribution in [0.2, 0.25) is 0 Å². The van der Waals surface area contributed by atoms with Crippen LogP contribution in [-0.2, 0) is 16.4 Å². The minimum atomic E-state index is -3.74. The summed E-state index contributed by atoms with van der Waals surface area (Å²) in [6.45, 7) is 2.37. The Bertz CT molecular complexity index is 1440. The summed E-state index contributed by atoms with van der Waals surface area (Å²) < 4.78 is 29.9. The molecule has 4 aromatic rings. The number of sulfonamides is 1. The van der Waals surface area contributed by atoms with Crippen molar-refractivity contribution < 1.29 is 17.9 Å². The monoisotopic (exact) mass is 490 g/mol. The van der Waals surface area contributed by atoms with E-state index >= 15 is 0 Å². The lowest BCUT2D eigenvalue weighted by molar-refractivity contribution is 0.0954. The van der Waals surface area contributed by atoms with Crippen LogP contribution in [0, 0.1) is 6.92 Å². The molecule has 0 saturated heterocycles. The van der Waals surface area contributed by atoms with E-state index in [0.717, 1.165) is 22.4 Å². The molecule has 3 N–H and O–H groups in total. The number of carbonyl (C=O) groups is 1. The lowest BCUT2D eigenvalue weighted by Gasteiger charge is -2.07. The van der Waals surface area contributed by atoms with E-state index in [2.05, 4.69) is 5.32 Å². The van der Waals surface area contributed by atoms with Crippen LogP contribution in [0.5, 0.6) is 5.75 Å². The van der Waals surface area contributed by atoms with Crippen LogP contribution < -0.4 is 15.2 Å². The predicted molar refractivity (Wildman–Crippen MR) is 134 cm³/mol. The summed E-state index contributed by atoms with van der Waals surface area (Å²) in [7, 11) is -2.15. The number of nitrogens with one attached hydrogen (secondary N) is 1. The highest BCUT2D eigenvalue weighted by Crippen LogP contribution is 2.27. The van der Waals surface area contributed by atoms with Gasteiger partial charge in [0.1, 0.15) is 11.4 Å². The summed E-state index contributed by atoms with van der Waals surface area (Å²) in [5.41, 5.74) is 4.58. The summed E-state index contributed by atoms with van der Waals surface area (Å²) in [6, 6.07) is 21.6. The number of nitrogens with two attached hydrogens (primary N) is 1. The van der Waals surface area contributed by atoms with Crippen molar-refractivity contribution in [3.05, 3.63) is 95.7 Å². The number of carbonyl (C=O) groups excluding carboxylic acids is 1. The molecule has 0 fully saturated rings. The Balaban J connectivity index is 1.57. The fourth-order valence-electron chi connectivity index (χ4n) is 3.61. The maximum atomic E-state index is 13.2. The molecule has 180 valence electrons. The quantitative estimate of drug-likeness (QED) is 0.392. The lowest BCUT2D eigenvalue weighted by Crippen LogP contribution is -2.26. The van der Waals surface area contributed by atoms with Gasteiger partial charge in [-0.25, -0.2) is 18.2 Å². The molecule has 1 amide bonds. The van der Waals surface area contributed by atoms with Crippen molar-refractivity contribution in [2.75, 3.05) is 13.7 Å². The average Bonchev–Trinajstić information content (AvgIpc) is 3.30. The maximum absolute atomic E-state index is 13.2. The topological polar surface area (TPSA) is 116 Å². The Hall–Kier alpha value is -3.95. The zero-order valence-corrected chi connectivity index (χ0v) is 20.2. The van der Waals surface area contributed by atoms with Gasteiger partial charge in [-0.15, -0.1) is 0 Å². The summed E-state index contributed by atoms with van der Waals surface area (Å²) in [6.07, 6.45) is 2.24. The van der Waals surface area contributed by atoms with E-state index in [0.29, 0.717) is 30.0 Å². The average molecular weight is 491 g/mol. The van der Waals surface area contributed by atoms with Crippen LogP contribution in [0.3, 0.4) is 0 Å². The molecule has 9 heteroatoms. The Morgan fingerprint density at radius 2 is 1.77 bits per heavy atom. The van der Waals surface area contributed by atoms with Crippen LogP contribution in [0.15, 0.2) is 83.9 Å². The molecule has 35 heavy (non-hydrogen) atoms. The Labute approximate surface area is 204 Å². The number of hydrogen-bond donors (Lipinski definition) is 2.